The Morgan fingerprint density at radius 3 is 2.80 bits per heavy atom. The number of nitrogens with zero attached hydrogens (tertiary/aromatic N) is 6. The summed E-state index contributed by atoms with van der Waals surface area (Å²) in [5, 5.41) is 8.42. The fourth-order valence-electron chi connectivity index (χ4n) is 3.81. The standard InChI is InChI=1S/C17H20N6OS/c1-10-14-16(25-20-10)12(15-11(2)19-21-22(15)3)8-13(18-14)23-6-7-24-9-17(23)4-5-17/h8H,4-7,9H2,1-3H3. The van der Waals surface area contributed by atoms with E-state index >= 15 is 0 Å². The molecule has 1 saturated heterocycles. The topological polar surface area (TPSA) is 69.0 Å². The van der Waals surface area contributed by atoms with Crippen molar-refractivity contribution in [1.29, 1.82) is 0 Å². The first-order valence-electron chi connectivity index (χ1n) is 8.58. The van der Waals surface area contributed by atoms with Crippen LogP contribution in [-0.4, -0.2) is 49.6 Å². The lowest BCUT2D eigenvalue weighted by molar-refractivity contribution is 0.0860. The van der Waals surface area contributed by atoms with Crippen LogP contribution in [0.15, 0.2) is 6.07 Å². The van der Waals surface area contributed by atoms with Gasteiger partial charge in [-0.15, -0.1) is 5.10 Å². The zero-order valence-corrected chi connectivity index (χ0v) is 15.4. The first kappa shape index (κ1) is 15.2. The second kappa shape index (κ2) is 5.22. The highest BCUT2D eigenvalue weighted by atomic mass is 32.1. The molecule has 7 nitrogen and oxygen atoms in total. The molecule has 5 rings (SSSR count). The molecule has 0 N–H and O–H groups in total. The van der Waals surface area contributed by atoms with Gasteiger partial charge in [0.05, 0.1) is 40.5 Å². The Labute approximate surface area is 149 Å². The van der Waals surface area contributed by atoms with Crippen molar-refractivity contribution in [2.24, 2.45) is 7.05 Å². The minimum absolute atomic E-state index is 0.146. The lowest BCUT2D eigenvalue weighted by atomic mass is 10.1. The molecule has 0 amide bonds. The number of ether oxygens (including phenoxy) is 1. The molecule has 8 heteroatoms. The van der Waals surface area contributed by atoms with E-state index in [0.717, 1.165) is 58.4 Å². The molecule has 2 fully saturated rings. The summed E-state index contributed by atoms with van der Waals surface area (Å²) in [7, 11) is 1.94. The Morgan fingerprint density at radius 1 is 1.24 bits per heavy atom. The third kappa shape index (κ3) is 2.20. The highest BCUT2D eigenvalue weighted by Gasteiger charge is 2.50. The molecular formula is C17H20N6OS. The van der Waals surface area contributed by atoms with Crippen LogP contribution in [0.2, 0.25) is 0 Å². The summed E-state index contributed by atoms with van der Waals surface area (Å²) in [4.78, 5) is 7.43. The number of hydrogen-bond acceptors (Lipinski definition) is 7. The highest BCUT2D eigenvalue weighted by molar-refractivity contribution is 7.14. The maximum absolute atomic E-state index is 5.73. The van der Waals surface area contributed by atoms with Crippen molar-refractivity contribution in [2.45, 2.75) is 32.2 Å². The second-order valence-electron chi connectivity index (χ2n) is 7.05. The summed E-state index contributed by atoms with van der Waals surface area (Å²) in [6.07, 6.45) is 2.35. The van der Waals surface area contributed by atoms with Crippen LogP contribution >= 0.6 is 11.5 Å². The summed E-state index contributed by atoms with van der Waals surface area (Å²) in [5.41, 5.74) is 5.20. The molecule has 3 aromatic heterocycles. The summed E-state index contributed by atoms with van der Waals surface area (Å²) in [6.45, 7) is 6.47. The summed E-state index contributed by atoms with van der Waals surface area (Å²) < 4.78 is 13.2. The molecule has 1 aliphatic carbocycles. The maximum atomic E-state index is 5.73. The van der Waals surface area contributed by atoms with E-state index < -0.39 is 0 Å². The van der Waals surface area contributed by atoms with Crippen molar-refractivity contribution in [3.05, 3.63) is 17.5 Å². The van der Waals surface area contributed by atoms with E-state index in [1.807, 2.05) is 25.6 Å². The molecule has 4 heterocycles. The normalized spacial score (nSPS) is 19.1. The number of rotatable bonds is 2. The highest BCUT2D eigenvalue weighted by Crippen LogP contribution is 2.47. The van der Waals surface area contributed by atoms with Gasteiger partial charge in [-0.3, -0.25) is 0 Å². The molecule has 0 aromatic carbocycles. The zero-order chi connectivity index (χ0) is 17.2. The first-order valence-corrected chi connectivity index (χ1v) is 9.35. The van der Waals surface area contributed by atoms with Gasteiger partial charge in [0, 0.05) is 19.2 Å². The first-order chi connectivity index (χ1) is 12.1. The van der Waals surface area contributed by atoms with Gasteiger partial charge in [-0.05, 0) is 44.3 Å². The van der Waals surface area contributed by atoms with E-state index in [1.165, 1.54) is 24.4 Å². The van der Waals surface area contributed by atoms with Crippen LogP contribution in [0, 0.1) is 13.8 Å². The number of anilines is 1. The molecule has 25 heavy (non-hydrogen) atoms. The van der Waals surface area contributed by atoms with Gasteiger partial charge in [-0.1, -0.05) is 5.21 Å². The zero-order valence-electron chi connectivity index (χ0n) is 14.6. The Bertz CT molecular complexity index is 954. The van der Waals surface area contributed by atoms with E-state index in [-0.39, 0.29) is 5.54 Å². The third-order valence-corrected chi connectivity index (χ3v) is 6.29. The number of aromatic nitrogens is 5. The van der Waals surface area contributed by atoms with Crippen molar-refractivity contribution >= 4 is 27.6 Å². The molecule has 0 bridgehead atoms. The van der Waals surface area contributed by atoms with E-state index in [1.54, 1.807) is 0 Å². The SMILES string of the molecule is Cc1nnn(C)c1-c1cc(N2CCOCC23CC3)nc2c(C)nsc12. The molecule has 0 radical (unpaired) electrons. The lowest BCUT2D eigenvalue weighted by Crippen LogP contribution is -2.48. The Kier molecular flexibility index (Phi) is 3.18. The van der Waals surface area contributed by atoms with Gasteiger partial charge in [0.25, 0.3) is 0 Å². The fraction of sp³-hybridized carbons (Fsp3) is 0.529. The molecule has 1 aliphatic heterocycles. The van der Waals surface area contributed by atoms with E-state index in [9.17, 15) is 0 Å². The monoisotopic (exact) mass is 356 g/mol. The second-order valence-corrected chi connectivity index (χ2v) is 7.82. The van der Waals surface area contributed by atoms with Crippen molar-refractivity contribution in [3.63, 3.8) is 0 Å². The van der Waals surface area contributed by atoms with Crippen molar-refractivity contribution in [3.8, 4) is 11.3 Å². The number of pyridine rings is 1. The molecule has 1 saturated carbocycles. The van der Waals surface area contributed by atoms with Crippen LogP contribution in [0.25, 0.3) is 21.5 Å². The van der Waals surface area contributed by atoms with Gasteiger partial charge < -0.3 is 9.64 Å². The predicted octanol–water partition coefficient (Wildman–Crippen LogP) is 2.47. The van der Waals surface area contributed by atoms with Gasteiger partial charge in [-0.25, -0.2) is 9.67 Å². The van der Waals surface area contributed by atoms with Crippen molar-refractivity contribution in [2.75, 3.05) is 24.7 Å². The minimum atomic E-state index is 0.146. The number of aryl methyl sites for hydroxylation is 3. The average molecular weight is 356 g/mol. The Balaban J connectivity index is 1.75. The quantitative estimate of drug-likeness (QED) is 0.703. The Hall–Kier alpha value is -2.06. The lowest BCUT2D eigenvalue weighted by Gasteiger charge is -2.37. The summed E-state index contributed by atoms with van der Waals surface area (Å²) >= 11 is 1.50. The third-order valence-electron chi connectivity index (χ3n) is 5.33. The molecule has 2 aliphatic rings. The number of morpholine rings is 1. The minimum Gasteiger partial charge on any atom is -0.377 e. The molecule has 0 unspecified atom stereocenters. The number of fused-ring (bicyclic) bond motifs is 1. The van der Waals surface area contributed by atoms with Gasteiger partial charge in [-0.2, -0.15) is 4.37 Å². The number of hydrogen-bond donors (Lipinski definition) is 0. The van der Waals surface area contributed by atoms with Crippen molar-refractivity contribution in [1.82, 2.24) is 24.4 Å². The van der Waals surface area contributed by atoms with Crippen LogP contribution in [0.3, 0.4) is 0 Å². The summed E-state index contributed by atoms with van der Waals surface area (Å²) in [5.74, 6) is 1.02. The van der Waals surface area contributed by atoms with E-state index in [4.69, 9.17) is 9.72 Å². The van der Waals surface area contributed by atoms with Crippen LogP contribution in [0.4, 0.5) is 5.82 Å². The van der Waals surface area contributed by atoms with Gasteiger partial charge in [0.15, 0.2) is 0 Å². The Morgan fingerprint density at radius 2 is 2.08 bits per heavy atom. The van der Waals surface area contributed by atoms with Crippen molar-refractivity contribution < 1.29 is 4.74 Å². The predicted molar refractivity (Wildman–Crippen MR) is 97.0 cm³/mol. The van der Waals surface area contributed by atoms with Crippen LogP contribution in [-0.2, 0) is 11.8 Å². The maximum Gasteiger partial charge on any atom is 0.130 e. The fourth-order valence-corrected chi connectivity index (χ4v) is 4.66. The van der Waals surface area contributed by atoms with Gasteiger partial charge in [0.2, 0.25) is 0 Å². The average Bonchev–Trinajstić information content (AvgIpc) is 3.14. The molecule has 1 spiro atoms. The van der Waals surface area contributed by atoms with Gasteiger partial charge >= 0.3 is 0 Å². The summed E-state index contributed by atoms with van der Waals surface area (Å²) in [6, 6.07) is 2.19. The molecular weight excluding hydrogens is 336 g/mol. The van der Waals surface area contributed by atoms with Gasteiger partial charge in [0.1, 0.15) is 11.3 Å². The van der Waals surface area contributed by atoms with E-state index in [0.29, 0.717) is 0 Å². The largest absolute Gasteiger partial charge is 0.377 e. The molecule has 3 aromatic rings. The van der Waals surface area contributed by atoms with Crippen LogP contribution in [0.5, 0.6) is 0 Å². The molecule has 130 valence electrons. The smallest absolute Gasteiger partial charge is 0.130 e. The van der Waals surface area contributed by atoms with Crippen LogP contribution < -0.4 is 4.90 Å². The molecule has 0 atom stereocenters. The van der Waals surface area contributed by atoms with E-state index in [2.05, 4.69) is 25.7 Å². The van der Waals surface area contributed by atoms with Crippen LogP contribution in [0.1, 0.15) is 24.2 Å².